The Kier molecular flexibility index (Phi) is 5.34. The van der Waals surface area contributed by atoms with Gasteiger partial charge in [0.15, 0.2) is 0 Å². The minimum Gasteiger partial charge on any atom is -0.406 e. The number of Topliss-reactive ketones (excluding diaryl/α,β-unsaturated/α-hetero) is 1. The lowest BCUT2D eigenvalue weighted by atomic mass is 9.77. The van der Waals surface area contributed by atoms with Gasteiger partial charge < -0.3 is 10.1 Å². The molecule has 0 heterocycles. The zero-order chi connectivity index (χ0) is 18.8. The second kappa shape index (κ2) is 6.97. The number of hydrogen-bond acceptors (Lipinski definition) is 3. The number of nitrogens with one attached hydrogen (secondary N) is 1. The second-order valence-electron chi connectivity index (χ2n) is 6.01. The fraction of sp³-hybridized carbons (Fsp3) is 0.500. The van der Waals surface area contributed by atoms with Crippen LogP contribution in [0.3, 0.4) is 0 Å². The number of amides is 1. The third kappa shape index (κ3) is 5.68. The van der Waals surface area contributed by atoms with Crippen LogP contribution >= 0.6 is 0 Å². The lowest BCUT2D eigenvalue weighted by Crippen LogP contribution is -2.41. The van der Waals surface area contributed by atoms with E-state index in [1.807, 2.05) is 0 Å². The van der Waals surface area contributed by atoms with Gasteiger partial charge in [0.05, 0.1) is 12.5 Å². The monoisotopic (exact) mass is 365 g/mol. The van der Waals surface area contributed by atoms with Crippen LogP contribution in [-0.4, -0.2) is 24.0 Å². The third-order valence-corrected chi connectivity index (χ3v) is 3.85. The molecule has 1 aliphatic rings. The molecule has 1 amide bonds. The molecule has 1 saturated carbocycles. The van der Waals surface area contributed by atoms with Crippen molar-refractivity contribution in [2.75, 3.05) is 0 Å². The lowest BCUT2D eigenvalue weighted by Gasteiger charge is -2.33. The SMILES string of the molecule is C[C@H](NC(=O)CC(=O)C1CC(F)(F)C1)c1cccc(OC(F)(F)F)c1. The summed E-state index contributed by atoms with van der Waals surface area (Å²) < 4.78 is 65.9. The smallest absolute Gasteiger partial charge is 0.406 e. The number of ketones is 1. The van der Waals surface area contributed by atoms with E-state index in [4.69, 9.17) is 0 Å². The number of halogens is 5. The molecule has 1 aromatic rings. The van der Waals surface area contributed by atoms with Crippen molar-refractivity contribution in [2.45, 2.75) is 44.5 Å². The number of hydrogen-bond donors (Lipinski definition) is 1. The van der Waals surface area contributed by atoms with Crippen molar-refractivity contribution in [1.29, 1.82) is 0 Å². The molecule has 0 aromatic heterocycles. The van der Waals surface area contributed by atoms with Gasteiger partial charge in [-0.2, -0.15) is 0 Å². The Labute approximate surface area is 140 Å². The maximum Gasteiger partial charge on any atom is 0.573 e. The highest BCUT2D eigenvalue weighted by atomic mass is 19.4. The summed E-state index contributed by atoms with van der Waals surface area (Å²) in [6.07, 6.45) is -6.47. The van der Waals surface area contributed by atoms with Crippen LogP contribution in [-0.2, 0) is 9.59 Å². The van der Waals surface area contributed by atoms with Gasteiger partial charge in [-0.05, 0) is 24.6 Å². The van der Waals surface area contributed by atoms with Gasteiger partial charge in [0, 0.05) is 18.8 Å². The minimum absolute atomic E-state index is 0.345. The number of rotatable bonds is 6. The summed E-state index contributed by atoms with van der Waals surface area (Å²) in [4.78, 5) is 23.5. The molecular formula is C16H16F5NO3. The molecule has 1 aromatic carbocycles. The number of ether oxygens (including phenoxy) is 1. The molecule has 0 radical (unpaired) electrons. The van der Waals surface area contributed by atoms with Crippen molar-refractivity contribution >= 4 is 11.7 Å². The highest BCUT2D eigenvalue weighted by Crippen LogP contribution is 2.43. The quantitative estimate of drug-likeness (QED) is 0.617. The Bertz CT molecular complexity index is 651. The van der Waals surface area contributed by atoms with Crippen molar-refractivity contribution in [3.63, 3.8) is 0 Å². The minimum atomic E-state index is -4.83. The van der Waals surface area contributed by atoms with Crippen LogP contribution in [0.15, 0.2) is 24.3 Å². The molecule has 138 valence electrons. The molecule has 2 rings (SSSR count). The largest absolute Gasteiger partial charge is 0.573 e. The highest BCUT2D eigenvalue weighted by molar-refractivity contribution is 5.99. The molecule has 1 aliphatic carbocycles. The first kappa shape index (κ1) is 19.1. The first-order valence-corrected chi connectivity index (χ1v) is 7.51. The number of carbonyl (C=O) groups excluding carboxylic acids is 2. The van der Waals surface area contributed by atoms with E-state index in [9.17, 15) is 31.5 Å². The van der Waals surface area contributed by atoms with Crippen LogP contribution in [0.25, 0.3) is 0 Å². The van der Waals surface area contributed by atoms with Crippen molar-refractivity contribution in [3.05, 3.63) is 29.8 Å². The normalized spacial score (nSPS) is 18.2. The first-order valence-electron chi connectivity index (χ1n) is 7.51. The molecule has 4 nitrogen and oxygen atoms in total. The zero-order valence-electron chi connectivity index (χ0n) is 13.2. The molecule has 0 aliphatic heterocycles. The van der Waals surface area contributed by atoms with E-state index in [-0.39, 0.29) is 0 Å². The van der Waals surface area contributed by atoms with Gasteiger partial charge in [0.25, 0.3) is 0 Å². The fourth-order valence-corrected chi connectivity index (χ4v) is 2.55. The summed E-state index contributed by atoms with van der Waals surface area (Å²) in [5, 5.41) is 2.46. The molecule has 25 heavy (non-hydrogen) atoms. The standard InChI is InChI=1S/C16H16F5NO3/c1-9(10-3-2-4-12(5-10)25-16(19,20)21)22-14(24)6-13(23)11-7-15(17,18)8-11/h2-5,9,11H,6-8H2,1H3,(H,22,24)/t9-/m0/s1. The van der Waals surface area contributed by atoms with E-state index in [0.717, 1.165) is 12.1 Å². The molecule has 0 bridgehead atoms. The maximum atomic E-state index is 12.7. The van der Waals surface area contributed by atoms with E-state index in [1.54, 1.807) is 0 Å². The molecule has 0 unspecified atom stereocenters. The molecule has 1 fully saturated rings. The maximum absolute atomic E-state index is 12.7. The van der Waals surface area contributed by atoms with Crippen LogP contribution in [0.2, 0.25) is 0 Å². The van der Waals surface area contributed by atoms with Crippen molar-refractivity contribution in [3.8, 4) is 5.75 Å². The van der Waals surface area contributed by atoms with E-state index >= 15 is 0 Å². The predicted octanol–water partition coefficient (Wildman–Crippen LogP) is 3.77. The van der Waals surface area contributed by atoms with E-state index < -0.39 is 60.9 Å². The van der Waals surface area contributed by atoms with Gasteiger partial charge in [0.1, 0.15) is 11.5 Å². The average molecular weight is 365 g/mol. The summed E-state index contributed by atoms with van der Waals surface area (Å²) in [6, 6.07) is 4.38. The number of alkyl halides is 5. The molecule has 9 heteroatoms. The lowest BCUT2D eigenvalue weighted by molar-refractivity contribution is -0.274. The second-order valence-corrected chi connectivity index (χ2v) is 6.01. The first-order chi connectivity index (χ1) is 11.5. The molecular weight excluding hydrogens is 349 g/mol. The van der Waals surface area contributed by atoms with Gasteiger partial charge >= 0.3 is 6.36 Å². The Morgan fingerprint density at radius 3 is 2.52 bits per heavy atom. The molecule has 1 N–H and O–H groups in total. The molecule has 0 saturated heterocycles. The average Bonchev–Trinajstić information content (AvgIpc) is 2.42. The van der Waals surface area contributed by atoms with Crippen LogP contribution in [0.4, 0.5) is 22.0 Å². The fourth-order valence-electron chi connectivity index (χ4n) is 2.55. The zero-order valence-corrected chi connectivity index (χ0v) is 13.2. The van der Waals surface area contributed by atoms with E-state index in [2.05, 4.69) is 10.1 Å². The van der Waals surface area contributed by atoms with Crippen molar-refractivity contribution in [2.24, 2.45) is 5.92 Å². The molecule has 1 atom stereocenters. The summed E-state index contributed by atoms with van der Waals surface area (Å²) in [7, 11) is 0. The predicted molar refractivity (Wildman–Crippen MR) is 77.0 cm³/mol. The Hall–Kier alpha value is -2.19. The number of benzene rings is 1. The summed E-state index contributed by atoms with van der Waals surface area (Å²) in [6.45, 7) is 1.52. The summed E-state index contributed by atoms with van der Waals surface area (Å²) in [5.41, 5.74) is 0.345. The molecule has 0 spiro atoms. The topological polar surface area (TPSA) is 55.4 Å². The Balaban J connectivity index is 1.88. The van der Waals surface area contributed by atoms with Gasteiger partial charge in [-0.3, -0.25) is 9.59 Å². The highest BCUT2D eigenvalue weighted by Gasteiger charge is 2.48. The van der Waals surface area contributed by atoms with Gasteiger partial charge in [-0.1, -0.05) is 12.1 Å². The Morgan fingerprint density at radius 1 is 1.32 bits per heavy atom. The summed E-state index contributed by atoms with van der Waals surface area (Å²) >= 11 is 0. The van der Waals surface area contributed by atoms with Crippen LogP contribution in [0.1, 0.15) is 37.8 Å². The Morgan fingerprint density at radius 2 is 1.96 bits per heavy atom. The van der Waals surface area contributed by atoms with Crippen molar-refractivity contribution < 1.29 is 36.3 Å². The van der Waals surface area contributed by atoms with E-state index in [1.165, 1.54) is 19.1 Å². The summed E-state index contributed by atoms with van der Waals surface area (Å²) in [5.74, 6) is -5.33. The van der Waals surface area contributed by atoms with E-state index in [0.29, 0.717) is 5.56 Å². The van der Waals surface area contributed by atoms with Crippen LogP contribution < -0.4 is 10.1 Å². The third-order valence-electron chi connectivity index (χ3n) is 3.85. The van der Waals surface area contributed by atoms with Crippen molar-refractivity contribution in [1.82, 2.24) is 5.32 Å². The van der Waals surface area contributed by atoms with Crippen LogP contribution in [0, 0.1) is 5.92 Å². The van der Waals surface area contributed by atoms with Crippen LogP contribution in [0.5, 0.6) is 5.75 Å². The van der Waals surface area contributed by atoms with Gasteiger partial charge in [0.2, 0.25) is 11.8 Å². The van der Waals surface area contributed by atoms with Gasteiger partial charge in [-0.15, -0.1) is 13.2 Å². The van der Waals surface area contributed by atoms with Gasteiger partial charge in [-0.25, -0.2) is 8.78 Å². The number of carbonyl (C=O) groups is 2.